The number of nitro groups is 1. The lowest BCUT2D eigenvalue weighted by Gasteiger charge is -2.06. The van der Waals surface area contributed by atoms with Crippen LogP contribution >= 0.6 is 0 Å². The molecule has 110 valence electrons. The van der Waals surface area contributed by atoms with E-state index in [1.165, 1.54) is 28.9 Å². The number of carbonyl (C=O) groups excluding carboxylic acids is 1. The molecule has 1 aromatic heterocycles. The van der Waals surface area contributed by atoms with Crippen LogP contribution in [0.25, 0.3) is 0 Å². The van der Waals surface area contributed by atoms with Crippen LogP contribution in [0.4, 0.5) is 10.1 Å². The standard InChI is InChI=1S/C13H13FN4O3/c1-2-17-12(11(8-16-17)18(20)21)13(19)15-7-9-3-5-10(14)6-4-9/h3-6,8H,2,7H2,1H3,(H,15,19). The van der Waals surface area contributed by atoms with E-state index >= 15 is 0 Å². The number of aryl methyl sites for hydroxylation is 1. The third-order valence-corrected chi connectivity index (χ3v) is 2.90. The Hall–Kier alpha value is -2.77. The molecule has 2 aromatic rings. The van der Waals surface area contributed by atoms with E-state index in [4.69, 9.17) is 0 Å². The van der Waals surface area contributed by atoms with Crippen molar-refractivity contribution in [3.63, 3.8) is 0 Å². The van der Waals surface area contributed by atoms with Gasteiger partial charge in [0.15, 0.2) is 0 Å². The number of hydrogen-bond donors (Lipinski definition) is 1. The summed E-state index contributed by atoms with van der Waals surface area (Å²) in [7, 11) is 0. The van der Waals surface area contributed by atoms with Crippen LogP contribution in [-0.2, 0) is 13.1 Å². The first-order valence-electron chi connectivity index (χ1n) is 6.25. The molecule has 1 N–H and O–H groups in total. The fraction of sp³-hybridized carbons (Fsp3) is 0.231. The molecule has 0 aliphatic carbocycles. The Morgan fingerprint density at radius 1 is 1.43 bits per heavy atom. The average molecular weight is 292 g/mol. The zero-order valence-electron chi connectivity index (χ0n) is 11.2. The van der Waals surface area contributed by atoms with Gasteiger partial charge in [-0.2, -0.15) is 5.10 Å². The largest absolute Gasteiger partial charge is 0.346 e. The topological polar surface area (TPSA) is 90.1 Å². The molecule has 7 nitrogen and oxygen atoms in total. The first-order chi connectivity index (χ1) is 10.0. The van der Waals surface area contributed by atoms with Gasteiger partial charge in [-0.05, 0) is 24.6 Å². The van der Waals surface area contributed by atoms with E-state index in [2.05, 4.69) is 10.4 Å². The number of benzene rings is 1. The van der Waals surface area contributed by atoms with Gasteiger partial charge >= 0.3 is 5.69 Å². The van der Waals surface area contributed by atoms with Gasteiger partial charge in [-0.25, -0.2) is 4.39 Å². The summed E-state index contributed by atoms with van der Waals surface area (Å²) in [4.78, 5) is 22.4. The van der Waals surface area contributed by atoms with Crippen LogP contribution < -0.4 is 5.32 Å². The molecule has 1 amide bonds. The smallest absolute Gasteiger partial charge is 0.320 e. The summed E-state index contributed by atoms with van der Waals surface area (Å²) in [5.41, 5.74) is 0.257. The quantitative estimate of drug-likeness (QED) is 0.673. The summed E-state index contributed by atoms with van der Waals surface area (Å²) < 4.78 is 14.0. The van der Waals surface area contributed by atoms with E-state index < -0.39 is 10.8 Å². The fourth-order valence-electron chi connectivity index (χ4n) is 1.85. The Labute approximate surface area is 119 Å². The lowest BCUT2D eigenvalue weighted by atomic mass is 10.2. The minimum atomic E-state index is -0.647. The molecule has 0 fully saturated rings. The van der Waals surface area contributed by atoms with E-state index in [1.54, 1.807) is 6.92 Å². The molecule has 0 spiro atoms. The van der Waals surface area contributed by atoms with E-state index in [0.29, 0.717) is 12.1 Å². The summed E-state index contributed by atoms with van der Waals surface area (Å²) in [5.74, 6) is -0.963. The van der Waals surface area contributed by atoms with Crippen LogP contribution in [0, 0.1) is 15.9 Å². The SMILES string of the molecule is CCn1ncc([N+](=O)[O-])c1C(=O)NCc1ccc(F)cc1. The number of carbonyl (C=O) groups is 1. The van der Waals surface area contributed by atoms with Crippen LogP contribution in [0.15, 0.2) is 30.5 Å². The Morgan fingerprint density at radius 2 is 2.10 bits per heavy atom. The second-order valence-electron chi connectivity index (χ2n) is 4.26. The summed E-state index contributed by atoms with van der Waals surface area (Å²) in [5, 5.41) is 17.3. The van der Waals surface area contributed by atoms with Crippen molar-refractivity contribution < 1.29 is 14.1 Å². The van der Waals surface area contributed by atoms with Gasteiger partial charge in [0, 0.05) is 13.1 Å². The lowest BCUT2D eigenvalue weighted by Crippen LogP contribution is -2.26. The maximum atomic E-state index is 12.8. The van der Waals surface area contributed by atoms with Crippen molar-refractivity contribution in [2.24, 2.45) is 0 Å². The molecule has 1 heterocycles. The van der Waals surface area contributed by atoms with E-state index in [9.17, 15) is 19.3 Å². The van der Waals surface area contributed by atoms with Gasteiger partial charge in [0.1, 0.15) is 12.0 Å². The molecule has 21 heavy (non-hydrogen) atoms. The third-order valence-electron chi connectivity index (χ3n) is 2.90. The Morgan fingerprint density at radius 3 is 2.67 bits per heavy atom. The molecule has 0 atom stereocenters. The fourth-order valence-corrected chi connectivity index (χ4v) is 1.85. The summed E-state index contributed by atoms with van der Waals surface area (Å²) in [6, 6.07) is 5.61. The summed E-state index contributed by atoms with van der Waals surface area (Å²) in [6.45, 7) is 2.21. The van der Waals surface area contributed by atoms with Gasteiger partial charge < -0.3 is 5.32 Å². The molecule has 1 aromatic carbocycles. The second-order valence-corrected chi connectivity index (χ2v) is 4.26. The minimum absolute atomic E-state index is 0.0930. The number of halogens is 1. The van der Waals surface area contributed by atoms with Gasteiger partial charge in [0.25, 0.3) is 5.91 Å². The van der Waals surface area contributed by atoms with Crippen molar-refractivity contribution in [3.05, 3.63) is 57.7 Å². The number of nitrogens with one attached hydrogen (secondary N) is 1. The molecule has 0 aliphatic heterocycles. The first kappa shape index (κ1) is 14.6. The predicted molar refractivity (Wildman–Crippen MR) is 72.1 cm³/mol. The monoisotopic (exact) mass is 292 g/mol. The maximum absolute atomic E-state index is 12.8. The van der Waals surface area contributed by atoms with Crippen molar-refractivity contribution in [1.82, 2.24) is 15.1 Å². The van der Waals surface area contributed by atoms with Gasteiger partial charge in [0.2, 0.25) is 5.69 Å². The average Bonchev–Trinajstić information content (AvgIpc) is 2.90. The zero-order valence-corrected chi connectivity index (χ0v) is 11.2. The van der Waals surface area contributed by atoms with Crippen LogP contribution in [0.2, 0.25) is 0 Å². The van der Waals surface area contributed by atoms with Gasteiger partial charge in [0.05, 0.1) is 4.92 Å². The molecule has 0 radical (unpaired) electrons. The van der Waals surface area contributed by atoms with Crippen LogP contribution in [0.1, 0.15) is 23.0 Å². The van der Waals surface area contributed by atoms with Gasteiger partial charge in [-0.3, -0.25) is 19.6 Å². The minimum Gasteiger partial charge on any atom is -0.346 e. The van der Waals surface area contributed by atoms with E-state index in [1.807, 2.05) is 0 Å². The van der Waals surface area contributed by atoms with Crippen molar-refractivity contribution in [3.8, 4) is 0 Å². The molecule has 0 aliphatic rings. The molecule has 0 saturated heterocycles. The predicted octanol–water partition coefficient (Wildman–Crippen LogP) is 1.88. The molecular weight excluding hydrogens is 279 g/mol. The van der Waals surface area contributed by atoms with Gasteiger partial charge in [-0.1, -0.05) is 12.1 Å². The molecule has 0 unspecified atom stereocenters. The van der Waals surface area contributed by atoms with Crippen molar-refractivity contribution >= 4 is 11.6 Å². The molecule has 0 saturated carbocycles. The highest BCUT2D eigenvalue weighted by molar-refractivity contribution is 5.96. The Balaban J connectivity index is 2.15. The van der Waals surface area contributed by atoms with Crippen molar-refractivity contribution in [2.45, 2.75) is 20.0 Å². The summed E-state index contributed by atoms with van der Waals surface area (Å²) in [6.07, 6.45) is 1.05. The first-order valence-corrected chi connectivity index (χ1v) is 6.25. The second kappa shape index (κ2) is 6.12. The molecular formula is C13H13FN4O3. The van der Waals surface area contributed by atoms with Crippen molar-refractivity contribution in [1.29, 1.82) is 0 Å². The Kier molecular flexibility index (Phi) is 4.27. The highest BCUT2D eigenvalue weighted by atomic mass is 19.1. The normalized spacial score (nSPS) is 10.4. The van der Waals surface area contributed by atoms with Crippen LogP contribution in [0.5, 0.6) is 0 Å². The van der Waals surface area contributed by atoms with E-state index in [0.717, 1.165) is 6.20 Å². The lowest BCUT2D eigenvalue weighted by molar-refractivity contribution is -0.385. The maximum Gasteiger partial charge on any atom is 0.320 e. The highest BCUT2D eigenvalue weighted by Crippen LogP contribution is 2.17. The molecule has 0 bridgehead atoms. The number of aromatic nitrogens is 2. The number of amides is 1. The van der Waals surface area contributed by atoms with Gasteiger partial charge in [-0.15, -0.1) is 0 Å². The summed E-state index contributed by atoms with van der Waals surface area (Å²) >= 11 is 0. The van der Waals surface area contributed by atoms with Crippen LogP contribution in [-0.4, -0.2) is 20.6 Å². The number of nitrogens with zero attached hydrogens (tertiary/aromatic N) is 3. The zero-order chi connectivity index (χ0) is 15.4. The number of hydrogen-bond acceptors (Lipinski definition) is 4. The Bertz CT molecular complexity index is 667. The molecule has 2 rings (SSSR count). The highest BCUT2D eigenvalue weighted by Gasteiger charge is 2.25. The van der Waals surface area contributed by atoms with Crippen molar-refractivity contribution in [2.75, 3.05) is 0 Å². The third kappa shape index (κ3) is 3.22. The van der Waals surface area contributed by atoms with E-state index in [-0.39, 0.29) is 23.7 Å². The number of rotatable bonds is 5. The molecule has 8 heteroatoms. The van der Waals surface area contributed by atoms with Crippen LogP contribution in [0.3, 0.4) is 0 Å².